The van der Waals surface area contributed by atoms with Crippen molar-refractivity contribution in [3.05, 3.63) is 76.3 Å². The van der Waals surface area contributed by atoms with Crippen LogP contribution in [0.5, 0.6) is 0 Å². The van der Waals surface area contributed by atoms with Gasteiger partial charge in [0.25, 0.3) is 0 Å². The maximum absolute atomic E-state index is 13.9. The molecule has 0 amide bonds. The summed E-state index contributed by atoms with van der Waals surface area (Å²) in [6.07, 6.45) is 1.15. The van der Waals surface area contributed by atoms with E-state index in [1.807, 2.05) is 6.07 Å². The van der Waals surface area contributed by atoms with Gasteiger partial charge in [-0.2, -0.15) is 5.26 Å². The summed E-state index contributed by atoms with van der Waals surface area (Å²) in [5.74, 6) is -1.02. The van der Waals surface area contributed by atoms with Gasteiger partial charge in [-0.05, 0) is 29.8 Å². The van der Waals surface area contributed by atoms with Crippen LogP contribution in [0, 0.1) is 23.0 Å². The summed E-state index contributed by atoms with van der Waals surface area (Å²) < 4.78 is 27.1. The molecule has 4 heteroatoms. The first-order valence-corrected chi connectivity index (χ1v) is 5.81. The van der Waals surface area contributed by atoms with Crippen LogP contribution in [0.4, 0.5) is 8.78 Å². The monoisotopic (exact) mass is 275 g/mol. The van der Waals surface area contributed by atoms with Crippen molar-refractivity contribution >= 4 is 17.2 Å². The lowest BCUT2D eigenvalue weighted by atomic mass is 9.97. The van der Waals surface area contributed by atoms with Crippen LogP contribution in [0.1, 0.15) is 11.1 Å². The van der Waals surface area contributed by atoms with Crippen LogP contribution >= 0.6 is 11.6 Å². The Morgan fingerprint density at radius 1 is 1.16 bits per heavy atom. The van der Waals surface area contributed by atoms with Crippen molar-refractivity contribution in [3.8, 4) is 6.07 Å². The Balaban J connectivity index is 2.67. The fourth-order valence-electron chi connectivity index (χ4n) is 1.78. The molecule has 0 aliphatic rings. The van der Waals surface area contributed by atoms with E-state index < -0.39 is 11.6 Å². The summed E-state index contributed by atoms with van der Waals surface area (Å²) in [5, 5.41) is 9.00. The summed E-state index contributed by atoms with van der Waals surface area (Å²) >= 11 is 5.97. The fraction of sp³-hybridized carbons (Fsp3) is 0. The second kappa shape index (κ2) is 5.64. The van der Waals surface area contributed by atoms with Crippen molar-refractivity contribution in [3.63, 3.8) is 0 Å². The second-order valence-corrected chi connectivity index (χ2v) is 4.20. The zero-order valence-corrected chi connectivity index (χ0v) is 10.5. The van der Waals surface area contributed by atoms with Gasteiger partial charge < -0.3 is 0 Å². The van der Waals surface area contributed by atoms with Crippen LogP contribution in [0.2, 0.25) is 5.02 Å². The van der Waals surface area contributed by atoms with Crippen molar-refractivity contribution in [1.29, 1.82) is 5.26 Å². The van der Waals surface area contributed by atoms with Crippen molar-refractivity contribution in [1.82, 2.24) is 0 Å². The van der Waals surface area contributed by atoms with Gasteiger partial charge >= 0.3 is 0 Å². The summed E-state index contributed by atoms with van der Waals surface area (Å²) in [6.45, 7) is 0. The molecular formula is C15H8ClF2N. The highest BCUT2D eigenvalue weighted by molar-refractivity contribution is 6.32. The van der Waals surface area contributed by atoms with E-state index in [9.17, 15) is 8.78 Å². The van der Waals surface area contributed by atoms with E-state index >= 15 is 0 Å². The third-order valence-corrected chi connectivity index (χ3v) is 2.89. The Kier molecular flexibility index (Phi) is 3.94. The largest absolute Gasteiger partial charge is 0.207 e. The lowest BCUT2D eigenvalue weighted by Crippen LogP contribution is -1.94. The minimum absolute atomic E-state index is 0.0938. The number of hydrogen-bond acceptors (Lipinski definition) is 1. The normalized spacial score (nSPS) is 11.2. The third-order valence-electron chi connectivity index (χ3n) is 2.58. The first kappa shape index (κ1) is 13.3. The predicted octanol–water partition coefficient (Wildman–Crippen LogP) is 4.57. The molecule has 0 spiro atoms. The van der Waals surface area contributed by atoms with Crippen LogP contribution in [0.3, 0.4) is 0 Å². The van der Waals surface area contributed by atoms with E-state index in [-0.39, 0.29) is 16.2 Å². The van der Waals surface area contributed by atoms with E-state index in [1.165, 1.54) is 36.4 Å². The van der Waals surface area contributed by atoms with Crippen LogP contribution in [0.25, 0.3) is 5.57 Å². The molecule has 19 heavy (non-hydrogen) atoms. The Morgan fingerprint density at radius 2 is 1.89 bits per heavy atom. The average molecular weight is 276 g/mol. The minimum Gasteiger partial charge on any atom is -0.207 e. The number of halogens is 3. The Morgan fingerprint density at radius 3 is 2.53 bits per heavy atom. The van der Waals surface area contributed by atoms with Gasteiger partial charge in [-0.1, -0.05) is 29.8 Å². The molecule has 2 aromatic rings. The summed E-state index contributed by atoms with van der Waals surface area (Å²) in [5.41, 5.74) is 0.745. The van der Waals surface area contributed by atoms with Gasteiger partial charge in [0.2, 0.25) is 0 Å². The molecule has 0 aliphatic heterocycles. The van der Waals surface area contributed by atoms with Gasteiger partial charge in [0.05, 0.1) is 11.1 Å². The Hall–Kier alpha value is -2.18. The third kappa shape index (κ3) is 2.81. The summed E-state index contributed by atoms with van der Waals surface area (Å²) in [7, 11) is 0. The van der Waals surface area contributed by atoms with Crippen molar-refractivity contribution < 1.29 is 8.78 Å². The minimum atomic E-state index is -0.557. The summed E-state index contributed by atoms with van der Waals surface area (Å²) in [4.78, 5) is 0. The van der Waals surface area contributed by atoms with E-state index in [0.717, 1.165) is 6.08 Å². The predicted molar refractivity (Wildman–Crippen MR) is 70.5 cm³/mol. The average Bonchev–Trinajstić information content (AvgIpc) is 2.37. The van der Waals surface area contributed by atoms with E-state index in [0.29, 0.717) is 5.56 Å². The molecule has 0 saturated carbocycles. The van der Waals surface area contributed by atoms with Gasteiger partial charge in [-0.3, -0.25) is 0 Å². The van der Waals surface area contributed by atoms with Gasteiger partial charge in [0.15, 0.2) is 0 Å². The molecular weight excluding hydrogens is 268 g/mol. The quantitative estimate of drug-likeness (QED) is 0.736. The fourth-order valence-corrected chi connectivity index (χ4v) is 2.04. The SMILES string of the molecule is N#C/C=C(/c1cccc(F)c1)c1c(F)cccc1Cl. The molecule has 1 nitrogen and oxygen atoms in total. The Labute approximate surface area is 114 Å². The van der Waals surface area contributed by atoms with Gasteiger partial charge in [0, 0.05) is 17.2 Å². The molecule has 0 radical (unpaired) electrons. The number of benzene rings is 2. The number of hydrogen-bond donors (Lipinski definition) is 0. The van der Waals surface area contributed by atoms with E-state index in [2.05, 4.69) is 0 Å². The molecule has 2 aromatic carbocycles. The van der Waals surface area contributed by atoms with Crippen molar-refractivity contribution in [2.24, 2.45) is 0 Å². The highest BCUT2D eigenvalue weighted by atomic mass is 35.5. The van der Waals surface area contributed by atoms with E-state index in [1.54, 1.807) is 6.07 Å². The highest BCUT2D eigenvalue weighted by Gasteiger charge is 2.14. The van der Waals surface area contributed by atoms with Crippen LogP contribution in [-0.4, -0.2) is 0 Å². The highest BCUT2D eigenvalue weighted by Crippen LogP contribution is 2.31. The molecule has 0 unspecified atom stereocenters. The number of rotatable bonds is 2. The zero-order valence-electron chi connectivity index (χ0n) is 9.70. The molecule has 0 heterocycles. The van der Waals surface area contributed by atoms with Crippen LogP contribution < -0.4 is 0 Å². The molecule has 0 bridgehead atoms. The molecule has 2 rings (SSSR count). The molecule has 0 atom stereocenters. The molecule has 0 saturated heterocycles. The molecule has 94 valence electrons. The topological polar surface area (TPSA) is 23.8 Å². The van der Waals surface area contributed by atoms with Crippen LogP contribution in [-0.2, 0) is 0 Å². The number of nitriles is 1. The van der Waals surface area contributed by atoms with Crippen molar-refractivity contribution in [2.45, 2.75) is 0 Å². The maximum Gasteiger partial charge on any atom is 0.132 e. The molecule has 0 fully saturated rings. The van der Waals surface area contributed by atoms with E-state index in [4.69, 9.17) is 16.9 Å². The second-order valence-electron chi connectivity index (χ2n) is 3.79. The van der Waals surface area contributed by atoms with Crippen molar-refractivity contribution in [2.75, 3.05) is 0 Å². The number of nitrogens with zero attached hydrogens (tertiary/aromatic N) is 1. The van der Waals surface area contributed by atoms with Crippen LogP contribution in [0.15, 0.2) is 48.5 Å². The molecule has 0 N–H and O–H groups in total. The smallest absolute Gasteiger partial charge is 0.132 e. The Bertz CT molecular complexity index is 667. The molecule has 0 aliphatic carbocycles. The first-order chi connectivity index (χ1) is 9.13. The van der Waals surface area contributed by atoms with Gasteiger partial charge in [0.1, 0.15) is 11.6 Å². The molecule has 0 aromatic heterocycles. The number of allylic oxidation sites excluding steroid dienone is 1. The zero-order chi connectivity index (χ0) is 13.8. The standard InChI is InChI=1S/C15H8ClF2N/c16-13-5-2-6-14(18)15(13)12(7-8-19)10-3-1-4-11(17)9-10/h1-7,9H/b12-7-. The first-order valence-electron chi connectivity index (χ1n) is 5.43. The van der Waals surface area contributed by atoms with Gasteiger partial charge in [-0.15, -0.1) is 0 Å². The maximum atomic E-state index is 13.9. The summed E-state index contributed by atoms with van der Waals surface area (Å²) in [6, 6.07) is 11.6. The lowest BCUT2D eigenvalue weighted by molar-refractivity contribution is 0.622. The van der Waals surface area contributed by atoms with Gasteiger partial charge in [-0.25, -0.2) is 8.78 Å². The lowest BCUT2D eigenvalue weighted by Gasteiger charge is -2.10.